The van der Waals surface area contributed by atoms with Gasteiger partial charge >= 0.3 is 6.09 Å². The minimum atomic E-state index is -0.833. The summed E-state index contributed by atoms with van der Waals surface area (Å²) in [6.45, 7) is 7.25. The lowest BCUT2D eigenvalue weighted by atomic mass is 10.1. The standard InChI is InChI=1S/C25H29ClN4O4S/c1-5-21(27)29-22(31)16-8-11-20-19(12-16)30(13-15-6-9-17(26)10-7-15)23(32)18(14-35-20)28-24(33)34-25(2,3)4/h6-12,18H,5,13-14H2,1-4H3,(H,28,33)(H2,27,29,31)/t18-/m0/s1. The number of benzene rings is 2. The smallest absolute Gasteiger partial charge is 0.408 e. The number of halogens is 1. The zero-order chi connectivity index (χ0) is 25.8. The van der Waals surface area contributed by atoms with Crippen LogP contribution in [0.4, 0.5) is 10.5 Å². The molecule has 0 aliphatic carbocycles. The Morgan fingerprint density at radius 1 is 1.20 bits per heavy atom. The van der Waals surface area contributed by atoms with Gasteiger partial charge in [0, 0.05) is 27.7 Å². The number of carbonyl (C=O) groups excluding carboxylic acids is 3. The zero-order valence-electron chi connectivity index (χ0n) is 20.1. The molecule has 3 N–H and O–H groups in total. The molecule has 1 aliphatic rings. The zero-order valence-corrected chi connectivity index (χ0v) is 21.7. The number of amidine groups is 1. The van der Waals surface area contributed by atoms with Crippen LogP contribution in [-0.2, 0) is 16.1 Å². The van der Waals surface area contributed by atoms with E-state index in [-0.39, 0.29) is 18.3 Å². The highest BCUT2D eigenvalue weighted by atomic mass is 35.5. The topological polar surface area (TPSA) is 112 Å². The van der Waals surface area contributed by atoms with Gasteiger partial charge in [-0.05, 0) is 56.7 Å². The monoisotopic (exact) mass is 516 g/mol. The molecule has 1 aliphatic heterocycles. The van der Waals surface area contributed by atoms with Gasteiger partial charge in [-0.2, -0.15) is 0 Å². The Morgan fingerprint density at radius 3 is 2.51 bits per heavy atom. The van der Waals surface area contributed by atoms with Crippen LogP contribution < -0.4 is 15.5 Å². The molecule has 0 unspecified atom stereocenters. The summed E-state index contributed by atoms with van der Waals surface area (Å²) in [5, 5.41) is 13.6. The summed E-state index contributed by atoms with van der Waals surface area (Å²) in [6, 6.07) is 11.4. The van der Waals surface area contributed by atoms with E-state index >= 15 is 0 Å². The van der Waals surface area contributed by atoms with E-state index in [1.807, 2.05) is 12.1 Å². The Hall–Kier alpha value is -3.04. The largest absolute Gasteiger partial charge is 0.444 e. The fourth-order valence-corrected chi connectivity index (χ4v) is 4.51. The van der Waals surface area contributed by atoms with Crippen molar-refractivity contribution in [2.24, 2.45) is 0 Å². The second-order valence-corrected chi connectivity index (χ2v) is 10.5. The number of rotatable bonds is 5. The van der Waals surface area contributed by atoms with Gasteiger partial charge in [-0.1, -0.05) is 30.7 Å². The molecule has 2 aromatic carbocycles. The van der Waals surface area contributed by atoms with E-state index in [2.05, 4.69) is 10.6 Å². The van der Waals surface area contributed by atoms with E-state index in [4.69, 9.17) is 21.7 Å². The molecule has 3 rings (SSSR count). The Kier molecular flexibility index (Phi) is 8.45. The minimum Gasteiger partial charge on any atom is -0.444 e. The van der Waals surface area contributed by atoms with Gasteiger partial charge in [0.2, 0.25) is 0 Å². The molecule has 0 fully saturated rings. The molecular weight excluding hydrogens is 488 g/mol. The molecule has 1 heterocycles. The van der Waals surface area contributed by atoms with Gasteiger partial charge in [0.05, 0.1) is 18.1 Å². The van der Waals surface area contributed by atoms with Crippen molar-refractivity contribution in [2.45, 2.75) is 57.2 Å². The maximum atomic E-state index is 13.7. The van der Waals surface area contributed by atoms with Crippen molar-refractivity contribution in [2.75, 3.05) is 10.7 Å². The molecule has 0 aromatic heterocycles. The number of fused-ring (bicyclic) bond motifs is 1. The fourth-order valence-electron chi connectivity index (χ4n) is 3.33. The van der Waals surface area contributed by atoms with Gasteiger partial charge in [-0.3, -0.25) is 15.0 Å². The normalized spacial score (nSPS) is 15.6. The van der Waals surface area contributed by atoms with Crippen LogP contribution in [0.3, 0.4) is 0 Å². The average Bonchev–Trinajstić information content (AvgIpc) is 2.91. The molecule has 0 radical (unpaired) electrons. The second kappa shape index (κ2) is 11.1. The molecule has 0 bridgehead atoms. The number of amides is 3. The molecule has 35 heavy (non-hydrogen) atoms. The first kappa shape index (κ1) is 26.6. The number of carbonyl (C=O) groups is 3. The van der Waals surface area contributed by atoms with Crippen LogP contribution in [0.2, 0.25) is 5.02 Å². The second-order valence-electron chi connectivity index (χ2n) is 9.03. The quantitative estimate of drug-likeness (QED) is 0.383. The summed E-state index contributed by atoms with van der Waals surface area (Å²) in [5.41, 5.74) is 1.01. The minimum absolute atomic E-state index is 0.107. The summed E-state index contributed by atoms with van der Waals surface area (Å²) in [5.74, 6) is -0.337. The van der Waals surface area contributed by atoms with Crippen LogP contribution in [0.15, 0.2) is 47.4 Å². The van der Waals surface area contributed by atoms with Crippen LogP contribution >= 0.6 is 23.4 Å². The third kappa shape index (κ3) is 7.22. The number of ether oxygens (including phenoxy) is 1. The summed E-state index contributed by atoms with van der Waals surface area (Å²) in [6.07, 6.45) is -0.280. The third-order valence-corrected chi connectivity index (χ3v) is 6.45. The maximum absolute atomic E-state index is 13.7. The molecule has 8 nitrogen and oxygen atoms in total. The van der Waals surface area contributed by atoms with E-state index < -0.39 is 23.6 Å². The predicted octanol–water partition coefficient (Wildman–Crippen LogP) is 4.99. The predicted molar refractivity (Wildman–Crippen MR) is 138 cm³/mol. The SMILES string of the molecule is CCC(=N)NC(=O)c1ccc2c(c1)N(Cc1ccc(Cl)cc1)C(=O)[C@@H](NC(=O)OC(C)(C)C)CS2. The van der Waals surface area contributed by atoms with Crippen molar-refractivity contribution < 1.29 is 19.1 Å². The summed E-state index contributed by atoms with van der Waals surface area (Å²) in [7, 11) is 0. The first-order chi connectivity index (χ1) is 16.5. The van der Waals surface area contributed by atoms with Gasteiger partial charge in [-0.15, -0.1) is 11.8 Å². The molecule has 0 saturated heterocycles. The molecule has 0 spiro atoms. The molecule has 186 valence electrons. The highest BCUT2D eigenvalue weighted by molar-refractivity contribution is 7.99. The lowest BCUT2D eigenvalue weighted by Crippen LogP contribution is -2.50. The van der Waals surface area contributed by atoms with E-state index in [0.29, 0.717) is 28.4 Å². The third-order valence-electron chi connectivity index (χ3n) is 5.04. The molecule has 0 saturated carbocycles. The first-order valence-electron chi connectivity index (χ1n) is 11.2. The van der Waals surface area contributed by atoms with Crippen molar-refractivity contribution in [3.05, 3.63) is 58.6 Å². The van der Waals surface area contributed by atoms with Crippen LogP contribution in [-0.4, -0.2) is 41.1 Å². The van der Waals surface area contributed by atoms with Crippen molar-refractivity contribution in [3.63, 3.8) is 0 Å². The van der Waals surface area contributed by atoms with Crippen LogP contribution in [0.25, 0.3) is 0 Å². The number of nitrogens with one attached hydrogen (secondary N) is 3. The fraction of sp³-hybridized carbons (Fsp3) is 0.360. The van der Waals surface area contributed by atoms with Crippen molar-refractivity contribution >= 4 is 52.8 Å². The highest BCUT2D eigenvalue weighted by Gasteiger charge is 2.33. The van der Waals surface area contributed by atoms with Crippen molar-refractivity contribution in [3.8, 4) is 0 Å². The van der Waals surface area contributed by atoms with E-state index in [1.165, 1.54) is 11.8 Å². The van der Waals surface area contributed by atoms with Gasteiger partial charge in [0.25, 0.3) is 11.8 Å². The Labute approximate surface area is 214 Å². The maximum Gasteiger partial charge on any atom is 0.408 e. The Balaban J connectivity index is 1.96. The number of alkyl carbamates (subject to hydrolysis) is 1. The van der Waals surface area contributed by atoms with Gasteiger partial charge in [0.1, 0.15) is 11.6 Å². The molecular formula is C25H29ClN4O4S. The van der Waals surface area contributed by atoms with Crippen LogP contribution in [0, 0.1) is 5.41 Å². The van der Waals surface area contributed by atoms with E-state index in [1.54, 1.807) is 62.9 Å². The highest BCUT2D eigenvalue weighted by Crippen LogP contribution is 2.36. The van der Waals surface area contributed by atoms with Crippen LogP contribution in [0.5, 0.6) is 0 Å². The summed E-state index contributed by atoms with van der Waals surface area (Å²) < 4.78 is 5.35. The Morgan fingerprint density at radius 2 is 1.89 bits per heavy atom. The average molecular weight is 517 g/mol. The summed E-state index contributed by atoms with van der Waals surface area (Å²) >= 11 is 7.43. The van der Waals surface area contributed by atoms with Crippen molar-refractivity contribution in [1.82, 2.24) is 10.6 Å². The first-order valence-corrected chi connectivity index (χ1v) is 12.5. The van der Waals surface area contributed by atoms with E-state index in [0.717, 1.165) is 10.5 Å². The number of hydrogen-bond donors (Lipinski definition) is 3. The lowest BCUT2D eigenvalue weighted by Gasteiger charge is -2.27. The number of nitrogens with zero attached hydrogens (tertiary/aromatic N) is 1. The summed E-state index contributed by atoms with van der Waals surface area (Å²) in [4.78, 5) is 41.1. The van der Waals surface area contributed by atoms with E-state index in [9.17, 15) is 14.4 Å². The Bertz CT molecular complexity index is 1130. The number of hydrogen-bond acceptors (Lipinski definition) is 6. The molecule has 2 aromatic rings. The van der Waals surface area contributed by atoms with Crippen LogP contribution in [0.1, 0.15) is 50.0 Å². The number of anilines is 1. The lowest BCUT2D eigenvalue weighted by molar-refractivity contribution is -0.120. The van der Waals surface area contributed by atoms with Gasteiger partial charge in [-0.25, -0.2) is 4.79 Å². The molecule has 3 amide bonds. The van der Waals surface area contributed by atoms with Gasteiger partial charge in [0.15, 0.2) is 0 Å². The molecule has 1 atom stereocenters. The number of thioether (sulfide) groups is 1. The molecule has 10 heteroatoms. The van der Waals surface area contributed by atoms with Crippen molar-refractivity contribution in [1.29, 1.82) is 5.41 Å². The van der Waals surface area contributed by atoms with Gasteiger partial charge < -0.3 is 20.3 Å².